The quantitative estimate of drug-likeness (QED) is 0.656. The van der Waals surface area contributed by atoms with E-state index in [1.54, 1.807) is 26.2 Å². The molecule has 28 heavy (non-hydrogen) atoms. The van der Waals surface area contributed by atoms with Crippen molar-refractivity contribution in [2.45, 2.75) is 30.9 Å². The highest BCUT2D eigenvalue weighted by molar-refractivity contribution is 7.89. The molecular formula is C20H22N4O3S. The van der Waals surface area contributed by atoms with Crippen LogP contribution in [-0.4, -0.2) is 46.2 Å². The molecule has 0 amide bonds. The van der Waals surface area contributed by atoms with E-state index in [1.165, 1.54) is 4.31 Å². The van der Waals surface area contributed by atoms with E-state index in [4.69, 9.17) is 4.52 Å². The van der Waals surface area contributed by atoms with Crippen LogP contribution in [0, 0.1) is 0 Å². The number of hydrogen-bond acceptors (Lipinski definition) is 6. The summed E-state index contributed by atoms with van der Waals surface area (Å²) in [5.41, 5.74) is 1.83. The predicted molar refractivity (Wildman–Crippen MR) is 105 cm³/mol. The van der Waals surface area contributed by atoms with Gasteiger partial charge in [-0.25, -0.2) is 12.7 Å². The molecule has 0 spiro atoms. The summed E-state index contributed by atoms with van der Waals surface area (Å²) in [6.45, 7) is 4.08. The second-order valence-electron chi connectivity index (χ2n) is 7.23. The Morgan fingerprint density at radius 3 is 2.50 bits per heavy atom. The summed E-state index contributed by atoms with van der Waals surface area (Å²) in [5, 5.41) is 3.63. The van der Waals surface area contributed by atoms with Crippen LogP contribution in [0.25, 0.3) is 11.4 Å². The molecule has 1 saturated heterocycles. The largest absolute Gasteiger partial charge is 0.339 e. The van der Waals surface area contributed by atoms with Crippen molar-refractivity contribution in [1.82, 2.24) is 19.4 Å². The third kappa shape index (κ3) is 3.45. The second kappa shape index (κ2) is 7.44. The third-order valence-corrected chi connectivity index (χ3v) is 7.35. The van der Waals surface area contributed by atoms with Gasteiger partial charge < -0.3 is 4.52 Å². The lowest BCUT2D eigenvalue weighted by molar-refractivity contribution is 0.348. The lowest BCUT2D eigenvalue weighted by atomic mass is 9.90. The van der Waals surface area contributed by atoms with E-state index in [2.05, 4.69) is 15.1 Å². The van der Waals surface area contributed by atoms with E-state index < -0.39 is 15.3 Å². The van der Waals surface area contributed by atoms with E-state index >= 15 is 0 Å². The number of pyridine rings is 1. The standard InChI is InChI=1S/C20H22N4O3S/c1-14(2)28(25,26)24-12-17(16-9-6-10-21-11-16)18(13-24)20-22-19(23-27-20)15-7-4-3-5-8-15/h3-11,14,17-18H,12-13H2,1-2H3/t17-,18+/m0/s1. The lowest BCUT2D eigenvalue weighted by Gasteiger charge is -2.18. The minimum atomic E-state index is -3.38. The second-order valence-corrected chi connectivity index (χ2v) is 9.72. The summed E-state index contributed by atoms with van der Waals surface area (Å²) >= 11 is 0. The van der Waals surface area contributed by atoms with Crippen LogP contribution in [-0.2, 0) is 10.0 Å². The Kier molecular flexibility index (Phi) is 4.99. The van der Waals surface area contributed by atoms with Crippen LogP contribution in [0.15, 0.2) is 59.4 Å². The van der Waals surface area contributed by atoms with Crippen LogP contribution < -0.4 is 0 Å². The first kappa shape index (κ1) is 18.8. The molecule has 8 heteroatoms. The fraction of sp³-hybridized carbons (Fsp3) is 0.350. The van der Waals surface area contributed by atoms with Crippen LogP contribution in [0.5, 0.6) is 0 Å². The first-order chi connectivity index (χ1) is 13.5. The Morgan fingerprint density at radius 2 is 1.82 bits per heavy atom. The van der Waals surface area contributed by atoms with Gasteiger partial charge in [0.25, 0.3) is 0 Å². The summed E-state index contributed by atoms with van der Waals surface area (Å²) in [5.74, 6) is 0.647. The van der Waals surface area contributed by atoms with Crippen LogP contribution >= 0.6 is 0 Å². The molecule has 0 radical (unpaired) electrons. The van der Waals surface area contributed by atoms with Crippen LogP contribution in [0.4, 0.5) is 0 Å². The van der Waals surface area contributed by atoms with Crippen LogP contribution in [0.3, 0.4) is 0 Å². The van der Waals surface area contributed by atoms with Gasteiger partial charge in [-0.15, -0.1) is 0 Å². The average Bonchev–Trinajstić information content (AvgIpc) is 3.37. The molecule has 4 rings (SSSR count). The molecule has 1 fully saturated rings. The molecule has 2 atom stereocenters. The smallest absolute Gasteiger partial charge is 0.232 e. The molecule has 0 unspecified atom stereocenters. The van der Waals surface area contributed by atoms with Gasteiger partial charge in [-0.3, -0.25) is 4.98 Å². The van der Waals surface area contributed by atoms with Crippen molar-refractivity contribution >= 4 is 10.0 Å². The first-order valence-corrected chi connectivity index (χ1v) is 10.7. The van der Waals surface area contributed by atoms with Crippen molar-refractivity contribution in [2.75, 3.05) is 13.1 Å². The molecule has 7 nitrogen and oxygen atoms in total. The number of rotatable bonds is 5. The fourth-order valence-corrected chi connectivity index (χ4v) is 4.88. The summed E-state index contributed by atoms with van der Waals surface area (Å²) in [6.07, 6.45) is 3.48. The summed E-state index contributed by atoms with van der Waals surface area (Å²) in [4.78, 5) is 8.78. The van der Waals surface area contributed by atoms with Crippen molar-refractivity contribution in [3.63, 3.8) is 0 Å². The molecule has 0 saturated carbocycles. The van der Waals surface area contributed by atoms with Gasteiger partial charge in [0, 0.05) is 37.0 Å². The number of aromatic nitrogens is 3. The van der Waals surface area contributed by atoms with E-state index in [0.717, 1.165) is 11.1 Å². The minimum absolute atomic E-state index is 0.0914. The Hall–Kier alpha value is -2.58. The topological polar surface area (TPSA) is 89.2 Å². The van der Waals surface area contributed by atoms with Gasteiger partial charge in [0.05, 0.1) is 11.2 Å². The van der Waals surface area contributed by atoms with Gasteiger partial charge >= 0.3 is 0 Å². The van der Waals surface area contributed by atoms with Crippen molar-refractivity contribution < 1.29 is 12.9 Å². The monoisotopic (exact) mass is 398 g/mol. The Morgan fingerprint density at radius 1 is 1.07 bits per heavy atom. The van der Waals surface area contributed by atoms with Crippen LogP contribution in [0.1, 0.15) is 37.1 Å². The average molecular weight is 398 g/mol. The maximum absolute atomic E-state index is 12.8. The van der Waals surface area contributed by atoms with Gasteiger partial charge in [-0.05, 0) is 25.5 Å². The summed E-state index contributed by atoms with van der Waals surface area (Å²) < 4.78 is 32.6. The van der Waals surface area contributed by atoms with E-state index in [9.17, 15) is 8.42 Å². The molecule has 0 N–H and O–H groups in total. The molecule has 2 aromatic heterocycles. The van der Waals surface area contributed by atoms with E-state index in [1.807, 2.05) is 42.5 Å². The van der Waals surface area contributed by atoms with Crippen molar-refractivity contribution in [3.05, 3.63) is 66.3 Å². The minimum Gasteiger partial charge on any atom is -0.339 e. The lowest BCUT2D eigenvalue weighted by Crippen LogP contribution is -2.34. The zero-order chi connectivity index (χ0) is 19.7. The van der Waals surface area contributed by atoms with Gasteiger partial charge in [0.2, 0.25) is 21.7 Å². The van der Waals surface area contributed by atoms with Gasteiger partial charge in [-0.1, -0.05) is 41.6 Å². The molecule has 146 valence electrons. The molecule has 3 heterocycles. The van der Waals surface area contributed by atoms with Crippen molar-refractivity contribution in [1.29, 1.82) is 0 Å². The normalized spacial score (nSPS) is 20.7. The van der Waals surface area contributed by atoms with E-state index in [-0.39, 0.29) is 11.8 Å². The van der Waals surface area contributed by atoms with Gasteiger partial charge in [0.1, 0.15) is 0 Å². The zero-order valence-corrected chi connectivity index (χ0v) is 16.6. The Labute approximate surface area is 164 Å². The highest BCUT2D eigenvalue weighted by Crippen LogP contribution is 2.40. The number of nitrogens with zero attached hydrogens (tertiary/aromatic N) is 4. The van der Waals surface area contributed by atoms with Crippen molar-refractivity contribution in [3.8, 4) is 11.4 Å². The number of benzene rings is 1. The molecular weight excluding hydrogens is 376 g/mol. The highest BCUT2D eigenvalue weighted by Gasteiger charge is 2.43. The maximum Gasteiger partial charge on any atom is 0.232 e. The third-order valence-electron chi connectivity index (χ3n) is 5.15. The Balaban J connectivity index is 1.70. The number of sulfonamides is 1. The Bertz CT molecular complexity index is 1040. The SMILES string of the molecule is CC(C)S(=O)(=O)N1C[C@@H](c2cccnc2)[C@H](c2nc(-c3ccccc3)no2)C1. The summed E-state index contributed by atoms with van der Waals surface area (Å²) in [7, 11) is -3.38. The molecule has 3 aromatic rings. The van der Waals surface area contributed by atoms with E-state index in [0.29, 0.717) is 24.8 Å². The maximum atomic E-state index is 12.8. The fourth-order valence-electron chi connectivity index (χ4n) is 3.55. The molecule has 1 aromatic carbocycles. The van der Waals surface area contributed by atoms with Gasteiger partial charge in [-0.2, -0.15) is 4.98 Å². The molecule has 1 aliphatic heterocycles. The number of hydrogen-bond donors (Lipinski definition) is 0. The predicted octanol–water partition coefficient (Wildman–Crippen LogP) is 3.05. The summed E-state index contributed by atoms with van der Waals surface area (Å²) in [6, 6.07) is 13.4. The van der Waals surface area contributed by atoms with Crippen LogP contribution in [0.2, 0.25) is 0 Å². The molecule has 1 aliphatic rings. The zero-order valence-electron chi connectivity index (χ0n) is 15.8. The molecule has 0 aliphatic carbocycles. The van der Waals surface area contributed by atoms with Crippen molar-refractivity contribution in [2.24, 2.45) is 0 Å². The highest BCUT2D eigenvalue weighted by atomic mass is 32.2. The van der Waals surface area contributed by atoms with Gasteiger partial charge in [0.15, 0.2) is 0 Å². The molecule has 0 bridgehead atoms. The first-order valence-electron chi connectivity index (χ1n) is 9.24.